The third-order valence-corrected chi connectivity index (χ3v) is 2.82. The van der Waals surface area contributed by atoms with E-state index in [9.17, 15) is 17.6 Å². The fraction of sp³-hybridized carbons (Fsp3) is 0.273. The van der Waals surface area contributed by atoms with Crippen LogP contribution in [0.4, 0.5) is 17.6 Å². The van der Waals surface area contributed by atoms with Crippen molar-refractivity contribution in [1.82, 2.24) is 15.0 Å². The van der Waals surface area contributed by atoms with Crippen molar-refractivity contribution in [3.05, 3.63) is 41.0 Å². The quantitative estimate of drug-likeness (QED) is 0.680. The number of aromatic nitrogens is 3. The first-order valence-corrected chi connectivity index (χ1v) is 5.87. The third-order valence-electron chi connectivity index (χ3n) is 2.52. The SMILES string of the molecule is Cc1nn(-c2ccc(C(F)(F)F)cc2F)nc1CS. The monoisotopic (exact) mass is 291 g/mol. The Morgan fingerprint density at radius 3 is 2.42 bits per heavy atom. The molecule has 0 N–H and O–H groups in total. The number of thiol groups is 1. The van der Waals surface area contributed by atoms with Crippen LogP contribution >= 0.6 is 12.6 Å². The number of hydrogen-bond donors (Lipinski definition) is 1. The number of nitrogens with zero attached hydrogens (tertiary/aromatic N) is 3. The van der Waals surface area contributed by atoms with Crippen LogP contribution in [-0.2, 0) is 11.9 Å². The lowest BCUT2D eigenvalue weighted by atomic mass is 10.2. The molecule has 0 unspecified atom stereocenters. The topological polar surface area (TPSA) is 30.7 Å². The molecule has 0 aliphatic carbocycles. The van der Waals surface area contributed by atoms with Crippen molar-refractivity contribution in [2.45, 2.75) is 18.9 Å². The Balaban J connectivity index is 2.46. The van der Waals surface area contributed by atoms with Crippen LogP contribution in [0.2, 0.25) is 0 Å². The van der Waals surface area contributed by atoms with Gasteiger partial charge in [0.15, 0.2) is 5.82 Å². The van der Waals surface area contributed by atoms with Crippen LogP contribution in [0.3, 0.4) is 0 Å². The Hall–Kier alpha value is -1.57. The molecule has 0 saturated heterocycles. The maximum atomic E-state index is 13.7. The number of aryl methyl sites for hydroxylation is 1. The van der Waals surface area contributed by atoms with Crippen molar-refractivity contribution in [3.63, 3.8) is 0 Å². The molecule has 0 saturated carbocycles. The Kier molecular flexibility index (Phi) is 3.53. The van der Waals surface area contributed by atoms with Crippen LogP contribution in [0, 0.1) is 12.7 Å². The average molecular weight is 291 g/mol. The van der Waals surface area contributed by atoms with Gasteiger partial charge in [-0.3, -0.25) is 0 Å². The zero-order valence-corrected chi connectivity index (χ0v) is 10.6. The van der Waals surface area contributed by atoms with Crippen molar-refractivity contribution in [1.29, 1.82) is 0 Å². The number of hydrogen-bond acceptors (Lipinski definition) is 3. The fourth-order valence-corrected chi connectivity index (χ4v) is 1.80. The molecule has 0 bridgehead atoms. The lowest BCUT2D eigenvalue weighted by molar-refractivity contribution is -0.137. The first-order chi connectivity index (χ1) is 8.82. The minimum absolute atomic E-state index is 0.135. The molecule has 1 aromatic carbocycles. The van der Waals surface area contributed by atoms with Crippen LogP contribution in [-0.4, -0.2) is 15.0 Å². The van der Waals surface area contributed by atoms with Crippen LogP contribution in [0.25, 0.3) is 5.69 Å². The average Bonchev–Trinajstić information content (AvgIpc) is 2.69. The number of alkyl halides is 3. The molecular weight excluding hydrogens is 282 g/mol. The van der Waals surface area contributed by atoms with Gasteiger partial charge in [0.25, 0.3) is 0 Å². The van der Waals surface area contributed by atoms with Gasteiger partial charge in [-0.25, -0.2) is 4.39 Å². The van der Waals surface area contributed by atoms with E-state index in [1.54, 1.807) is 6.92 Å². The predicted octanol–water partition coefficient (Wildman–Crippen LogP) is 3.16. The standard InChI is InChI=1S/C11H9F4N3S/c1-6-9(5-19)17-18(16-6)10-3-2-7(4-8(10)12)11(13,14)15/h2-4,19H,5H2,1H3. The highest BCUT2D eigenvalue weighted by Crippen LogP contribution is 2.30. The van der Waals surface area contributed by atoms with Gasteiger partial charge < -0.3 is 0 Å². The Bertz CT molecular complexity index is 606. The number of rotatable bonds is 2. The Morgan fingerprint density at radius 2 is 1.95 bits per heavy atom. The summed E-state index contributed by atoms with van der Waals surface area (Å²) in [5.74, 6) is -0.718. The maximum Gasteiger partial charge on any atom is 0.416 e. The molecule has 0 spiro atoms. The van der Waals surface area contributed by atoms with Crippen molar-refractivity contribution in [3.8, 4) is 5.69 Å². The van der Waals surface area contributed by atoms with Crippen molar-refractivity contribution in [2.75, 3.05) is 0 Å². The van der Waals surface area contributed by atoms with Gasteiger partial charge >= 0.3 is 6.18 Å². The van der Waals surface area contributed by atoms with E-state index in [4.69, 9.17) is 0 Å². The number of benzene rings is 1. The molecular formula is C11H9F4N3S. The first-order valence-electron chi connectivity index (χ1n) is 5.23. The smallest absolute Gasteiger partial charge is 0.205 e. The second-order valence-corrected chi connectivity index (χ2v) is 4.16. The van der Waals surface area contributed by atoms with Gasteiger partial charge in [0.1, 0.15) is 5.69 Å². The zero-order valence-electron chi connectivity index (χ0n) is 9.74. The second-order valence-electron chi connectivity index (χ2n) is 3.84. The molecule has 0 amide bonds. The van der Waals surface area contributed by atoms with E-state index in [0.29, 0.717) is 23.2 Å². The summed E-state index contributed by atoms with van der Waals surface area (Å²) in [5, 5.41) is 7.90. The lowest BCUT2D eigenvalue weighted by Crippen LogP contribution is -2.08. The summed E-state index contributed by atoms with van der Waals surface area (Å²) in [6.45, 7) is 1.66. The summed E-state index contributed by atoms with van der Waals surface area (Å²) >= 11 is 4.03. The molecule has 8 heteroatoms. The second kappa shape index (κ2) is 4.84. The maximum absolute atomic E-state index is 13.7. The molecule has 2 aromatic rings. The highest BCUT2D eigenvalue weighted by molar-refractivity contribution is 7.79. The van der Waals surface area contributed by atoms with E-state index in [1.165, 1.54) is 0 Å². The molecule has 19 heavy (non-hydrogen) atoms. The van der Waals surface area contributed by atoms with Gasteiger partial charge in [0.2, 0.25) is 0 Å². The lowest BCUT2D eigenvalue weighted by Gasteiger charge is -2.08. The largest absolute Gasteiger partial charge is 0.416 e. The summed E-state index contributed by atoms with van der Waals surface area (Å²) in [6.07, 6.45) is -4.58. The normalized spacial score (nSPS) is 11.9. The highest BCUT2D eigenvalue weighted by atomic mass is 32.1. The molecule has 3 nitrogen and oxygen atoms in total. The first kappa shape index (κ1) is 13.9. The Labute approximate surface area is 111 Å². The molecule has 1 aromatic heterocycles. The van der Waals surface area contributed by atoms with E-state index in [2.05, 4.69) is 22.8 Å². The van der Waals surface area contributed by atoms with E-state index < -0.39 is 17.6 Å². The summed E-state index contributed by atoms with van der Waals surface area (Å²) in [4.78, 5) is 0.969. The molecule has 1 heterocycles. The summed E-state index contributed by atoms with van der Waals surface area (Å²) in [5.41, 5.74) is -0.0897. The van der Waals surface area contributed by atoms with Gasteiger partial charge in [-0.2, -0.15) is 36.0 Å². The molecule has 102 valence electrons. The van der Waals surface area contributed by atoms with Crippen LogP contribution < -0.4 is 0 Å². The van der Waals surface area contributed by atoms with E-state index in [0.717, 1.165) is 16.9 Å². The summed E-state index contributed by atoms with van der Waals surface area (Å²) in [6, 6.07) is 2.21. The van der Waals surface area contributed by atoms with Crippen LogP contribution in [0.5, 0.6) is 0 Å². The minimum atomic E-state index is -4.58. The van der Waals surface area contributed by atoms with Gasteiger partial charge in [-0.05, 0) is 25.1 Å². The molecule has 0 atom stereocenters. The number of halogens is 4. The van der Waals surface area contributed by atoms with Gasteiger partial charge in [0.05, 0.1) is 17.0 Å². The van der Waals surface area contributed by atoms with Crippen molar-refractivity contribution >= 4 is 12.6 Å². The van der Waals surface area contributed by atoms with E-state index in [-0.39, 0.29) is 5.69 Å². The molecule has 0 aliphatic rings. The minimum Gasteiger partial charge on any atom is -0.205 e. The molecule has 0 radical (unpaired) electrons. The third kappa shape index (κ3) is 2.73. The molecule has 2 rings (SSSR count). The van der Waals surface area contributed by atoms with Crippen molar-refractivity contribution < 1.29 is 17.6 Å². The van der Waals surface area contributed by atoms with Gasteiger partial charge in [-0.1, -0.05) is 0 Å². The van der Waals surface area contributed by atoms with Crippen LogP contribution in [0.1, 0.15) is 17.0 Å². The van der Waals surface area contributed by atoms with Crippen molar-refractivity contribution in [2.24, 2.45) is 0 Å². The molecule has 0 aliphatic heterocycles. The summed E-state index contributed by atoms with van der Waals surface area (Å²) in [7, 11) is 0. The predicted molar refractivity (Wildman–Crippen MR) is 63.7 cm³/mol. The van der Waals surface area contributed by atoms with Gasteiger partial charge in [-0.15, -0.1) is 4.80 Å². The molecule has 0 fully saturated rings. The van der Waals surface area contributed by atoms with E-state index >= 15 is 0 Å². The van der Waals surface area contributed by atoms with Gasteiger partial charge in [0, 0.05) is 5.75 Å². The Morgan fingerprint density at radius 1 is 1.26 bits per heavy atom. The summed E-state index contributed by atoms with van der Waals surface area (Å²) < 4.78 is 50.9. The fourth-order valence-electron chi connectivity index (χ4n) is 1.51. The highest BCUT2D eigenvalue weighted by Gasteiger charge is 2.31. The van der Waals surface area contributed by atoms with E-state index in [1.807, 2.05) is 0 Å². The zero-order chi connectivity index (χ0) is 14.2. The van der Waals surface area contributed by atoms with Crippen LogP contribution in [0.15, 0.2) is 18.2 Å².